The Morgan fingerprint density at radius 1 is 1.33 bits per heavy atom. The number of hydrogen-bond donors (Lipinski definition) is 1. The minimum absolute atomic E-state index is 0.262. The number of fused-ring (bicyclic) bond motifs is 1. The van der Waals surface area contributed by atoms with Crippen molar-refractivity contribution in [2.75, 3.05) is 26.3 Å². The zero-order valence-corrected chi connectivity index (χ0v) is 13.4. The fourth-order valence-electron chi connectivity index (χ4n) is 2.77. The Morgan fingerprint density at radius 3 is 2.76 bits per heavy atom. The van der Waals surface area contributed by atoms with Crippen molar-refractivity contribution in [2.24, 2.45) is 0 Å². The van der Waals surface area contributed by atoms with Crippen molar-refractivity contribution in [2.45, 2.75) is 31.9 Å². The third-order valence-corrected chi connectivity index (χ3v) is 5.41. The molecule has 1 aromatic carbocycles. The Hall–Kier alpha value is -1.01. The van der Waals surface area contributed by atoms with Crippen LogP contribution in [-0.4, -0.2) is 52.9 Å². The van der Waals surface area contributed by atoms with E-state index in [2.05, 4.69) is 29.8 Å². The molecule has 0 radical (unpaired) electrons. The first-order chi connectivity index (χ1) is 10.1. The highest BCUT2D eigenvalue weighted by Gasteiger charge is 2.35. The van der Waals surface area contributed by atoms with Crippen LogP contribution in [0, 0.1) is 0 Å². The number of benzene rings is 1. The molecule has 114 valence electrons. The average Bonchev–Trinajstić information content (AvgIpc) is 2.90. The maximum Gasteiger partial charge on any atom is 0.0965 e. The second kappa shape index (κ2) is 6.01. The molecule has 1 aliphatic rings. The summed E-state index contributed by atoms with van der Waals surface area (Å²) >= 11 is 1.67. The molecular formula is C16H22N2O2S. The number of thiazole rings is 1. The predicted octanol–water partition coefficient (Wildman–Crippen LogP) is 2.31. The van der Waals surface area contributed by atoms with E-state index in [1.54, 1.807) is 11.3 Å². The Balaban J connectivity index is 1.73. The first-order valence-electron chi connectivity index (χ1n) is 7.42. The lowest BCUT2D eigenvalue weighted by atomic mass is 9.92. The van der Waals surface area contributed by atoms with Crippen LogP contribution >= 0.6 is 11.3 Å². The molecule has 1 saturated heterocycles. The Kier molecular flexibility index (Phi) is 4.26. The molecule has 0 aliphatic carbocycles. The first kappa shape index (κ1) is 14.9. The van der Waals surface area contributed by atoms with Crippen molar-refractivity contribution in [3.8, 4) is 0 Å². The summed E-state index contributed by atoms with van der Waals surface area (Å²) in [5.41, 5.74) is 0.760. The fourth-order valence-corrected chi connectivity index (χ4v) is 3.78. The van der Waals surface area contributed by atoms with Gasteiger partial charge >= 0.3 is 0 Å². The monoisotopic (exact) mass is 306 g/mol. The molecule has 3 rings (SSSR count). The molecule has 1 fully saturated rings. The molecule has 0 spiro atoms. The van der Waals surface area contributed by atoms with Crippen molar-refractivity contribution in [1.29, 1.82) is 0 Å². The van der Waals surface area contributed by atoms with Crippen LogP contribution in [-0.2, 0) is 11.2 Å². The lowest BCUT2D eigenvalue weighted by Crippen LogP contribution is -2.56. The molecule has 1 aromatic heterocycles. The van der Waals surface area contributed by atoms with Gasteiger partial charge in [-0.1, -0.05) is 12.1 Å². The van der Waals surface area contributed by atoms with Gasteiger partial charge in [-0.3, -0.25) is 4.90 Å². The molecule has 1 N–H and O–H groups in total. The maximum atomic E-state index is 10.7. The van der Waals surface area contributed by atoms with E-state index >= 15 is 0 Å². The minimum Gasteiger partial charge on any atom is -0.391 e. The van der Waals surface area contributed by atoms with E-state index in [9.17, 15) is 5.11 Å². The summed E-state index contributed by atoms with van der Waals surface area (Å²) in [6, 6.07) is 8.13. The summed E-state index contributed by atoms with van der Waals surface area (Å²) in [6.07, 6.45) is 0.167. The van der Waals surface area contributed by atoms with Crippen LogP contribution in [0.25, 0.3) is 10.2 Å². The van der Waals surface area contributed by atoms with Gasteiger partial charge in [-0.05, 0) is 26.0 Å². The number of aromatic nitrogens is 1. The summed E-state index contributed by atoms with van der Waals surface area (Å²) < 4.78 is 6.58. The van der Waals surface area contributed by atoms with Crippen LogP contribution in [0.2, 0.25) is 0 Å². The third-order valence-electron chi connectivity index (χ3n) is 4.35. The maximum absolute atomic E-state index is 10.7. The zero-order chi connectivity index (χ0) is 14.9. The highest BCUT2D eigenvalue weighted by molar-refractivity contribution is 7.18. The fraction of sp³-hybridized carbons (Fsp3) is 0.562. The number of nitrogens with zero attached hydrogens (tertiary/aromatic N) is 2. The van der Waals surface area contributed by atoms with E-state index in [1.807, 2.05) is 18.2 Å². The number of aliphatic hydroxyl groups is 1. The number of para-hydroxylation sites is 1. The molecule has 1 unspecified atom stereocenters. The van der Waals surface area contributed by atoms with Crippen LogP contribution in [0.4, 0.5) is 0 Å². The second-order valence-corrected chi connectivity index (χ2v) is 7.16. The number of aliphatic hydroxyl groups excluding tert-OH is 1. The Labute approximate surface area is 129 Å². The molecule has 4 nitrogen and oxygen atoms in total. The van der Waals surface area contributed by atoms with Gasteiger partial charge in [-0.2, -0.15) is 0 Å². The summed E-state index contributed by atoms with van der Waals surface area (Å²) in [5, 5.41) is 11.7. The van der Waals surface area contributed by atoms with Crippen LogP contribution in [0.1, 0.15) is 18.9 Å². The smallest absolute Gasteiger partial charge is 0.0965 e. The van der Waals surface area contributed by atoms with Crippen LogP contribution in [0.5, 0.6) is 0 Å². The molecule has 1 aliphatic heterocycles. The SMILES string of the molecule is CC(C)(C(O)Cc1nc2ccccc2s1)N1CCOCC1. The third kappa shape index (κ3) is 3.11. The van der Waals surface area contributed by atoms with Gasteiger partial charge in [0.2, 0.25) is 0 Å². The quantitative estimate of drug-likeness (QED) is 0.941. The molecule has 2 aromatic rings. The van der Waals surface area contributed by atoms with E-state index in [0.29, 0.717) is 6.42 Å². The van der Waals surface area contributed by atoms with E-state index in [1.165, 1.54) is 4.70 Å². The average molecular weight is 306 g/mol. The summed E-state index contributed by atoms with van der Waals surface area (Å²) in [5.74, 6) is 0. The topological polar surface area (TPSA) is 45.6 Å². The van der Waals surface area contributed by atoms with Gasteiger partial charge in [0, 0.05) is 25.0 Å². The number of rotatable bonds is 4. The Bertz CT molecular complexity index is 572. The molecule has 0 saturated carbocycles. The van der Waals surface area contributed by atoms with Crippen molar-refractivity contribution in [3.05, 3.63) is 29.3 Å². The van der Waals surface area contributed by atoms with E-state index in [4.69, 9.17) is 4.74 Å². The molecule has 0 amide bonds. The van der Waals surface area contributed by atoms with Gasteiger partial charge in [0.15, 0.2) is 0 Å². The van der Waals surface area contributed by atoms with Gasteiger partial charge in [-0.25, -0.2) is 4.98 Å². The normalized spacial score (nSPS) is 19.0. The van der Waals surface area contributed by atoms with E-state index in [0.717, 1.165) is 36.8 Å². The van der Waals surface area contributed by atoms with Crippen LogP contribution in [0.15, 0.2) is 24.3 Å². The minimum atomic E-state index is -0.434. The zero-order valence-electron chi connectivity index (χ0n) is 12.6. The van der Waals surface area contributed by atoms with E-state index < -0.39 is 6.10 Å². The molecular weight excluding hydrogens is 284 g/mol. The number of hydrogen-bond acceptors (Lipinski definition) is 5. The highest BCUT2D eigenvalue weighted by atomic mass is 32.1. The van der Waals surface area contributed by atoms with Crippen molar-refractivity contribution in [3.63, 3.8) is 0 Å². The van der Waals surface area contributed by atoms with Gasteiger partial charge in [0.25, 0.3) is 0 Å². The molecule has 2 heterocycles. The summed E-state index contributed by atoms with van der Waals surface area (Å²) in [6.45, 7) is 7.47. The lowest BCUT2D eigenvalue weighted by Gasteiger charge is -2.43. The van der Waals surface area contributed by atoms with Gasteiger partial charge < -0.3 is 9.84 Å². The largest absolute Gasteiger partial charge is 0.391 e. The lowest BCUT2D eigenvalue weighted by molar-refractivity contribution is -0.0611. The Morgan fingerprint density at radius 2 is 2.05 bits per heavy atom. The van der Waals surface area contributed by atoms with Crippen LogP contribution < -0.4 is 0 Å². The van der Waals surface area contributed by atoms with Gasteiger partial charge in [0.05, 0.1) is 34.5 Å². The van der Waals surface area contributed by atoms with Crippen molar-refractivity contribution in [1.82, 2.24) is 9.88 Å². The van der Waals surface area contributed by atoms with Crippen LogP contribution in [0.3, 0.4) is 0 Å². The summed E-state index contributed by atoms with van der Waals surface area (Å²) in [7, 11) is 0. The second-order valence-electron chi connectivity index (χ2n) is 6.05. The predicted molar refractivity (Wildman–Crippen MR) is 85.8 cm³/mol. The molecule has 0 bridgehead atoms. The summed E-state index contributed by atoms with van der Waals surface area (Å²) in [4.78, 5) is 6.94. The van der Waals surface area contributed by atoms with Gasteiger partial charge in [-0.15, -0.1) is 11.3 Å². The number of ether oxygens (including phenoxy) is 1. The number of morpholine rings is 1. The molecule has 1 atom stereocenters. The first-order valence-corrected chi connectivity index (χ1v) is 8.24. The molecule has 5 heteroatoms. The molecule has 21 heavy (non-hydrogen) atoms. The van der Waals surface area contributed by atoms with Gasteiger partial charge in [0.1, 0.15) is 0 Å². The standard InChI is InChI=1S/C16H22N2O2S/c1-16(2,18-7-9-20-10-8-18)14(19)11-15-17-12-5-3-4-6-13(12)21-15/h3-6,14,19H,7-11H2,1-2H3. The van der Waals surface area contributed by atoms with Crippen molar-refractivity contribution >= 4 is 21.6 Å². The highest BCUT2D eigenvalue weighted by Crippen LogP contribution is 2.27. The van der Waals surface area contributed by atoms with Crippen molar-refractivity contribution < 1.29 is 9.84 Å². The van der Waals surface area contributed by atoms with E-state index in [-0.39, 0.29) is 5.54 Å².